The predicted molar refractivity (Wildman–Crippen MR) is 82.4 cm³/mol. The Labute approximate surface area is 123 Å². The van der Waals surface area contributed by atoms with E-state index in [1.165, 1.54) is 6.07 Å². The van der Waals surface area contributed by atoms with E-state index in [0.717, 1.165) is 0 Å². The predicted octanol–water partition coefficient (Wildman–Crippen LogP) is 3.10. The zero-order valence-electron chi connectivity index (χ0n) is 12.5. The van der Waals surface area contributed by atoms with Crippen LogP contribution in [0.4, 0.5) is 11.4 Å². The lowest BCUT2D eigenvalue weighted by Gasteiger charge is -2.39. The fourth-order valence-electron chi connectivity index (χ4n) is 1.91. The molecule has 0 radical (unpaired) electrons. The first-order valence-electron chi connectivity index (χ1n) is 6.66. The number of nitro groups is 1. The van der Waals surface area contributed by atoms with Crippen LogP contribution in [-0.4, -0.2) is 26.2 Å². The Hall–Kier alpha value is -2.21. The van der Waals surface area contributed by atoms with E-state index in [2.05, 4.69) is 10.3 Å². The van der Waals surface area contributed by atoms with Crippen LogP contribution in [0.15, 0.2) is 30.5 Å². The number of nitrogens with one attached hydrogen (secondary N) is 1. The number of nitrogens with zero attached hydrogens (tertiary/aromatic N) is 2. The first kappa shape index (κ1) is 15.2. The van der Waals surface area contributed by atoms with E-state index in [-0.39, 0.29) is 5.69 Å². The van der Waals surface area contributed by atoms with Gasteiger partial charge in [-0.1, -0.05) is 0 Å². The first-order chi connectivity index (χ1) is 9.63. The maximum absolute atomic E-state index is 11.1. The van der Waals surface area contributed by atoms with Crippen molar-refractivity contribution in [2.75, 3.05) is 5.32 Å². The quantitative estimate of drug-likeness (QED) is 0.667. The molecule has 2 N–H and O–H groups in total. The molecule has 0 amide bonds. The number of nitro benzene ring substituents is 1. The SMILES string of the molecule is CC(C)(O)C(C)(C)Nc1ccc([N+](=O)[O-])c2cccnc12. The molecule has 1 aromatic carbocycles. The third-order valence-corrected chi connectivity index (χ3v) is 3.92. The summed E-state index contributed by atoms with van der Waals surface area (Å²) in [6.07, 6.45) is 1.59. The minimum atomic E-state index is -0.976. The number of benzene rings is 1. The van der Waals surface area contributed by atoms with Crippen LogP contribution in [0.1, 0.15) is 27.7 Å². The molecule has 0 bridgehead atoms. The first-order valence-corrected chi connectivity index (χ1v) is 6.66. The smallest absolute Gasteiger partial charge is 0.278 e. The molecule has 0 spiro atoms. The van der Waals surface area contributed by atoms with E-state index in [9.17, 15) is 15.2 Å². The van der Waals surface area contributed by atoms with Gasteiger partial charge < -0.3 is 10.4 Å². The number of anilines is 1. The van der Waals surface area contributed by atoms with Gasteiger partial charge in [0.2, 0.25) is 0 Å². The minimum absolute atomic E-state index is 0.0183. The van der Waals surface area contributed by atoms with Gasteiger partial charge in [0.25, 0.3) is 5.69 Å². The van der Waals surface area contributed by atoms with Crippen LogP contribution in [-0.2, 0) is 0 Å². The molecular formula is C15H19N3O3. The molecule has 2 rings (SSSR count). The van der Waals surface area contributed by atoms with Crippen LogP contribution in [0.5, 0.6) is 0 Å². The zero-order chi connectivity index (χ0) is 15.8. The van der Waals surface area contributed by atoms with Gasteiger partial charge in [-0.15, -0.1) is 0 Å². The van der Waals surface area contributed by atoms with E-state index in [4.69, 9.17) is 0 Å². The van der Waals surface area contributed by atoms with Gasteiger partial charge in [-0.3, -0.25) is 15.1 Å². The third kappa shape index (κ3) is 2.80. The van der Waals surface area contributed by atoms with Crippen molar-refractivity contribution in [1.82, 2.24) is 4.98 Å². The van der Waals surface area contributed by atoms with Crippen molar-refractivity contribution >= 4 is 22.3 Å². The lowest BCUT2D eigenvalue weighted by atomic mass is 9.85. The molecule has 1 aromatic heterocycles. The Kier molecular flexibility index (Phi) is 3.59. The van der Waals surface area contributed by atoms with Gasteiger partial charge in [-0.2, -0.15) is 0 Å². The van der Waals surface area contributed by atoms with Crippen LogP contribution in [0.3, 0.4) is 0 Å². The number of fused-ring (bicyclic) bond motifs is 1. The maximum Gasteiger partial charge on any atom is 0.278 e. The van der Waals surface area contributed by atoms with Crippen molar-refractivity contribution in [1.29, 1.82) is 0 Å². The molecule has 21 heavy (non-hydrogen) atoms. The third-order valence-electron chi connectivity index (χ3n) is 3.92. The average Bonchev–Trinajstić information content (AvgIpc) is 2.37. The number of aromatic nitrogens is 1. The normalized spacial score (nSPS) is 12.4. The van der Waals surface area contributed by atoms with Gasteiger partial charge in [-0.25, -0.2) is 0 Å². The van der Waals surface area contributed by atoms with Crippen molar-refractivity contribution in [3.63, 3.8) is 0 Å². The van der Waals surface area contributed by atoms with Crippen LogP contribution in [0.25, 0.3) is 10.9 Å². The number of pyridine rings is 1. The van der Waals surface area contributed by atoms with Gasteiger partial charge >= 0.3 is 0 Å². The van der Waals surface area contributed by atoms with Crippen molar-refractivity contribution in [2.24, 2.45) is 0 Å². The highest BCUT2D eigenvalue weighted by Gasteiger charge is 2.35. The van der Waals surface area contributed by atoms with Crippen molar-refractivity contribution < 1.29 is 10.0 Å². The van der Waals surface area contributed by atoms with Crippen molar-refractivity contribution in [3.05, 3.63) is 40.6 Å². The molecule has 0 saturated carbocycles. The number of non-ortho nitro benzene ring substituents is 1. The molecular weight excluding hydrogens is 270 g/mol. The highest BCUT2D eigenvalue weighted by atomic mass is 16.6. The molecule has 0 aliphatic rings. The Morgan fingerprint density at radius 2 is 1.90 bits per heavy atom. The molecule has 0 saturated heterocycles. The summed E-state index contributed by atoms with van der Waals surface area (Å²) in [6.45, 7) is 7.15. The van der Waals surface area contributed by atoms with E-state index in [1.54, 1.807) is 38.2 Å². The van der Waals surface area contributed by atoms with Crippen LogP contribution >= 0.6 is 0 Å². The summed E-state index contributed by atoms with van der Waals surface area (Å²) in [6, 6.07) is 6.41. The van der Waals surface area contributed by atoms with Crippen LogP contribution < -0.4 is 5.32 Å². The number of hydrogen-bond acceptors (Lipinski definition) is 5. The van der Waals surface area contributed by atoms with Gasteiger partial charge in [-0.05, 0) is 45.9 Å². The lowest BCUT2D eigenvalue weighted by molar-refractivity contribution is -0.383. The zero-order valence-corrected chi connectivity index (χ0v) is 12.5. The van der Waals surface area contributed by atoms with Gasteiger partial charge in [0.05, 0.1) is 27.1 Å². The molecule has 112 valence electrons. The topological polar surface area (TPSA) is 88.3 Å². The monoisotopic (exact) mass is 289 g/mol. The second-order valence-corrected chi connectivity index (χ2v) is 6.10. The molecule has 6 nitrogen and oxygen atoms in total. The lowest BCUT2D eigenvalue weighted by Crippen LogP contribution is -2.51. The summed E-state index contributed by atoms with van der Waals surface area (Å²) in [5.41, 5.74) is -0.416. The molecule has 0 aliphatic heterocycles. The summed E-state index contributed by atoms with van der Waals surface area (Å²) >= 11 is 0. The number of hydrogen-bond donors (Lipinski definition) is 2. The van der Waals surface area contributed by atoms with E-state index >= 15 is 0 Å². The Morgan fingerprint density at radius 1 is 1.24 bits per heavy atom. The van der Waals surface area contributed by atoms with E-state index in [1.807, 2.05) is 13.8 Å². The second-order valence-electron chi connectivity index (χ2n) is 6.10. The minimum Gasteiger partial charge on any atom is -0.388 e. The van der Waals surface area contributed by atoms with Crippen molar-refractivity contribution in [3.8, 4) is 0 Å². The molecule has 0 aliphatic carbocycles. The summed E-state index contributed by atoms with van der Waals surface area (Å²) < 4.78 is 0. The summed E-state index contributed by atoms with van der Waals surface area (Å²) in [5.74, 6) is 0. The van der Waals surface area contributed by atoms with Crippen LogP contribution in [0, 0.1) is 10.1 Å². The van der Waals surface area contributed by atoms with Gasteiger partial charge in [0.1, 0.15) is 5.52 Å². The van der Waals surface area contributed by atoms with Crippen LogP contribution in [0.2, 0.25) is 0 Å². The highest BCUT2D eigenvalue weighted by molar-refractivity contribution is 5.96. The number of rotatable bonds is 4. The van der Waals surface area contributed by atoms with Crippen molar-refractivity contribution in [2.45, 2.75) is 38.8 Å². The molecule has 0 unspecified atom stereocenters. The van der Waals surface area contributed by atoms with E-state index in [0.29, 0.717) is 16.6 Å². The molecule has 0 fully saturated rings. The second kappa shape index (κ2) is 4.96. The maximum atomic E-state index is 11.1. The Bertz CT molecular complexity index is 690. The largest absolute Gasteiger partial charge is 0.388 e. The fraction of sp³-hybridized carbons (Fsp3) is 0.400. The molecule has 2 aromatic rings. The molecule has 6 heteroatoms. The summed E-state index contributed by atoms with van der Waals surface area (Å²) in [7, 11) is 0. The fourth-order valence-corrected chi connectivity index (χ4v) is 1.91. The highest BCUT2D eigenvalue weighted by Crippen LogP contribution is 2.33. The average molecular weight is 289 g/mol. The Balaban J connectivity index is 2.57. The van der Waals surface area contributed by atoms with Gasteiger partial charge in [0.15, 0.2) is 0 Å². The standard InChI is InChI=1S/C15H19N3O3/c1-14(2,15(3,4)19)17-11-7-8-12(18(20)21)10-6-5-9-16-13(10)11/h5-9,17,19H,1-4H3. The molecule has 0 atom stereocenters. The molecule has 1 heterocycles. The summed E-state index contributed by atoms with van der Waals surface area (Å²) in [4.78, 5) is 14.9. The number of aliphatic hydroxyl groups is 1. The summed E-state index contributed by atoms with van der Waals surface area (Å²) in [5, 5.41) is 25.0. The Morgan fingerprint density at radius 3 is 2.48 bits per heavy atom. The van der Waals surface area contributed by atoms with Gasteiger partial charge in [0, 0.05) is 12.3 Å². The van der Waals surface area contributed by atoms with E-state index < -0.39 is 16.1 Å².